The molecule has 0 bridgehead atoms. The highest BCUT2D eigenvalue weighted by Gasteiger charge is 2.08. The van der Waals surface area contributed by atoms with Crippen LogP contribution in [0.2, 0.25) is 0 Å². The number of carbonyl (C=O) groups is 1. The predicted octanol–water partition coefficient (Wildman–Crippen LogP) is 1.92. The third kappa shape index (κ3) is 3.16. The largest absolute Gasteiger partial charge is 0.466 e. The van der Waals surface area contributed by atoms with Gasteiger partial charge in [0.15, 0.2) is 0 Å². The molecule has 0 aliphatic carbocycles. The standard InChI is InChI=1S/C10H8FNO4/c1-16-10(13)3-2-7-4-8(11)6-9(5-7)12(14)15/h2-6H,1H3. The molecule has 5 nitrogen and oxygen atoms in total. The van der Waals surface area contributed by atoms with Crippen molar-refractivity contribution in [3.63, 3.8) is 0 Å². The van der Waals surface area contributed by atoms with Crippen molar-refractivity contribution in [2.75, 3.05) is 7.11 Å². The zero-order chi connectivity index (χ0) is 12.1. The van der Waals surface area contributed by atoms with Crippen molar-refractivity contribution in [3.05, 3.63) is 45.8 Å². The Morgan fingerprint density at radius 3 is 2.75 bits per heavy atom. The van der Waals surface area contributed by atoms with Gasteiger partial charge in [0, 0.05) is 12.1 Å². The van der Waals surface area contributed by atoms with Gasteiger partial charge in [-0.05, 0) is 17.7 Å². The Balaban J connectivity index is 3.01. The maximum absolute atomic E-state index is 12.9. The fraction of sp³-hybridized carbons (Fsp3) is 0.100. The second-order valence-corrected chi connectivity index (χ2v) is 2.86. The van der Waals surface area contributed by atoms with E-state index >= 15 is 0 Å². The number of nitrogens with zero attached hydrogens (tertiary/aromatic N) is 1. The molecule has 1 aromatic carbocycles. The lowest BCUT2D eigenvalue weighted by Gasteiger charge is -1.96. The molecular formula is C10H8FNO4. The fourth-order valence-corrected chi connectivity index (χ4v) is 1.03. The van der Waals surface area contributed by atoms with Crippen LogP contribution in [0.5, 0.6) is 0 Å². The number of non-ortho nitro benzene ring substituents is 1. The molecule has 0 saturated carbocycles. The molecule has 6 heteroatoms. The molecule has 0 radical (unpaired) electrons. The molecular weight excluding hydrogens is 217 g/mol. The van der Waals surface area contributed by atoms with Crippen LogP contribution in [0, 0.1) is 15.9 Å². The number of carbonyl (C=O) groups excluding carboxylic acids is 1. The van der Waals surface area contributed by atoms with Gasteiger partial charge >= 0.3 is 5.97 Å². The Bertz CT molecular complexity index is 456. The first-order valence-corrected chi connectivity index (χ1v) is 4.24. The van der Waals surface area contributed by atoms with E-state index in [1.165, 1.54) is 13.2 Å². The summed E-state index contributed by atoms with van der Waals surface area (Å²) in [7, 11) is 1.20. The van der Waals surface area contributed by atoms with Gasteiger partial charge in [0.1, 0.15) is 5.82 Å². The van der Waals surface area contributed by atoms with Crippen molar-refractivity contribution < 1.29 is 18.8 Å². The van der Waals surface area contributed by atoms with Crippen molar-refractivity contribution >= 4 is 17.7 Å². The quantitative estimate of drug-likeness (QED) is 0.341. The van der Waals surface area contributed by atoms with Gasteiger partial charge in [-0.25, -0.2) is 9.18 Å². The Morgan fingerprint density at radius 2 is 2.19 bits per heavy atom. The van der Waals surface area contributed by atoms with Gasteiger partial charge < -0.3 is 4.74 Å². The highest BCUT2D eigenvalue weighted by atomic mass is 19.1. The lowest BCUT2D eigenvalue weighted by atomic mass is 10.2. The molecule has 1 aromatic rings. The van der Waals surface area contributed by atoms with Crippen LogP contribution in [0.1, 0.15) is 5.56 Å². The third-order valence-corrected chi connectivity index (χ3v) is 1.73. The van der Waals surface area contributed by atoms with Gasteiger partial charge in [-0.3, -0.25) is 10.1 Å². The average molecular weight is 225 g/mol. The van der Waals surface area contributed by atoms with Gasteiger partial charge in [0.2, 0.25) is 0 Å². The molecule has 0 N–H and O–H groups in total. The number of halogens is 1. The van der Waals surface area contributed by atoms with Crippen molar-refractivity contribution in [2.24, 2.45) is 0 Å². The maximum Gasteiger partial charge on any atom is 0.330 e. The molecule has 0 amide bonds. The summed E-state index contributed by atoms with van der Waals surface area (Å²) >= 11 is 0. The van der Waals surface area contributed by atoms with Gasteiger partial charge in [0.25, 0.3) is 5.69 Å². The minimum atomic E-state index is -0.737. The van der Waals surface area contributed by atoms with Crippen LogP contribution in [0.15, 0.2) is 24.3 Å². The molecule has 0 spiro atoms. The number of hydrogen-bond donors (Lipinski definition) is 0. The summed E-state index contributed by atoms with van der Waals surface area (Å²) in [6, 6.07) is 3.03. The molecule has 84 valence electrons. The van der Waals surface area contributed by atoms with Crippen LogP contribution in [-0.2, 0) is 9.53 Å². The molecule has 0 fully saturated rings. The predicted molar refractivity (Wildman–Crippen MR) is 54.1 cm³/mol. The van der Waals surface area contributed by atoms with E-state index in [1.54, 1.807) is 0 Å². The van der Waals surface area contributed by atoms with E-state index < -0.39 is 16.7 Å². The molecule has 16 heavy (non-hydrogen) atoms. The summed E-state index contributed by atoms with van der Waals surface area (Å²) < 4.78 is 17.3. The SMILES string of the molecule is COC(=O)C=Cc1cc(F)cc([N+](=O)[O-])c1. The Kier molecular flexibility index (Phi) is 3.71. The van der Waals surface area contributed by atoms with Crippen LogP contribution in [0.3, 0.4) is 0 Å². The number of hydrogen-bond acceptors (Lipinski definition) is 4. The molecule has 0 unspecified atom stereocenters. The highest BCUT2D eigenvalue weighted by Crippen LogP contribution is 2.17. The molecule has 0 aromatic heterocycles. The molecule has 0 aliphatic heterocycles. The van der Waals surface area contributed by atoms with E-state index in [9.17, 15) is 19.3 Å². The second-order valence-electron chi connectivity index (χ2n) is 2.86. The van der Waals surface area contributed by atoms with Crippen LogP contribution in [0.4, 0.5) is 10.1 Å². The summed E-state index contributed by atoms with van der Waals surface area (Å²) in [6.07, 6.45) is 2.29. The number of esters is 1. The van der Waals surface area contributed by atoms with Crippen molar-refractivity contribution in [1.82, 2.24) is 0 Å². The number of rotatable bonds is 3. The van der Waals surface area contributed by atoms with Crippen molar-refractivity contribution in [3.8, 4) is 0 Å². The lowest BCUT2D eigenvalue weighted by molar-refractivity contribution is -0.385. The van der Waals surface area contributed by atoms with Gasteiger partial charge in [-0.1, -0.05) is 0 Å². The van der Waals surface area contributed by atoms with E-state index in [-0.39, 0.29) is 11.3 Å². The second kappa shape index (κ2) is 5.01. The number of nitro benzene ring substituents is 1. The van der Waals surface area contributed by atoms with E-state index in [0.29, 0.717) is 0 Å². The van der Waals surface area contributed by atoms with E-state index in [1.807, 2.05) is 0 Å². The van der Waals surface area contributed by atoms with Crippen LogP contribution < -0.4 is 0 Å². The maximum atomic E-state index is 12.9. The highest BCUT2D eigenvalue weighted by molar-refractivity contribution is 5.87. The van der Waals surface area contributed by atoms with E-state index in [4.69, 9.17) is 0 Å². The average Bonchev–Trinajstić information content (AvgIpc) is 2.25. The summed E-state index contributed by atoms with van der Waals surface area (Å²) in [5.41, 5.74) is -0.151. The number of ether oxygens (including phenoxy) is 1. The molecule has 0 saturated heterocycles. The normalized spacial score (nSPS) is 10.4. The Labute approximate surface area is 90.3 Å². The first-order chi connectivity index (χ1) is 7.52. The van der Waals surface area contributed by atoms with Crippen LogP contribution >= 0.6 is 0 Å². The summed E-state index contributed by atoms with van der Waals surface area (Å²) in [6.45, 7) is 0. The van der Waals surface area contributed by atoms with Gasteiger partial charge in [0.05, 0.1) is 18.1 Å². The molecule has 0 atom stereocenters. The fourth-order valence-electron chi connectivity index (χ4n) is 1.03. The summed E-state index contributed by atoms with van der Waals surface area (Å²) in [5.74, 6) is -1.36. The minimum Gasteiger partial charge on any atom is -0.466 e. The van der Waals surface area contributed by atoms with Gasteiger partial charge in [-0.15, -0.1) is 0 Å². The number of nitro groups is 1. The zero-order valence-corrected chi connectivity index (χ0v) is 8.34. The number of methoxy groups -OCH3 is 1. The summed E-state index contributed by atoms with van der Waals surface area (Å²) in [4.78, 5) is 20.5. The first-order valence-electron chi connectivity index (χ1n) is 4.24. The third-order valence-electron chi connectivity index (χ3n) is 1.73. The Morgan fingerprint density at radius 1 is 1.50 bits per heavy atom. The molecule has 0 aliphatic rings. The van der Waals surface area contributed by atoms with Crippen LogP contribution in [0.25, 0.3) is 6.08 Å². The van der Waals surface area contributed by atoms with Crippen molar-refractivity contribution in [1.29, 1.82) is 0 Å². The lowest BCUT2D eigenvalue weighted by Crippen LogP contribution is -1.94. The number of benzene rings is 1. The van der Waals surface area contributed by atoms with Crippen LogP contribution in [-0.4, -0.2) is 18.0 Å². The topological polar surface area (TPSA) is 69.4 Å². The summed E-state index contributed by atoms with van der Waals surface area (Å²) in [5, 5.41) is 10.4. The molecule has 0 heterocycles. The smallest absolute Gasteiger partial charge is 0.330 e. The van der Waals surface area contributed by atoms with Crippen molar-refractivity contribution in [2.45, 2.75) is 0 Å². The van der Waals surface area contributed by atoms with Gasteiger partial charge in [-0.2, -0.15) is 0 Å². The minimum absolute atomic E-state index is 0.220. The molecule has 1 rings (SSSR count). The van der Waals surface area contributed by atoms with E-state index in [0.717, 1.165) is 24.3 Å². The first kappa shape index (κ1) is 11.8. The van der Waals surface area contributed by atoms with E-state index in [2.05, 4.69) is 4.74 Å². The zero-order valence-electron chi connectivity index (χ0n) is 8.34. The monoisotopic (exact) mass is 225 g/mol. The Hall–Kier alpha value is -2.24.